The summed E-state index contributed by atoms with van der Waals surface area (Å²) in [6.07, 6.45) is 0. The molecule has 0 aliphatic heterocycles. The van der Waals surface area contributed by atoms with Crippen LogP contribution in [0.5, 0.6) is 0 Å². The van der Waals surface area contributed by atoms with E-state index in [1.165, 1.54) is 6.92 Å². The van der Waals surface area contributed by atoms with E-state index in [2.05, 4.69) is 5.90 Å². The van der Waals surface area contributed by atoms with Gasteiger partial charge < -0.3 is 10.3 Å². The average molecular weight is 157 g/mol. The molecule has 0 saturated heterocycles. The van der Waals surface area contributed by atoms with Crippen LogP contribution in [0.15, 0.2) is 0 Å². The summed E-state index contributed by atoms with van der Waals surface area (Å²) < 4.78 is 0. The van der Waals surface area contributed by atoms with E-state index < -0.39 is 0 Å². The zero-order valence-electron chi connectivity index (χ0n) is 5.53. The molecule has 0 unspecified atom stereocenters. The van der Waals surface area contributed by atoms with Gasteiger partial charge in [-0.3, -0.25) is 0 Å². The van der Waals surface area contributed by atoms with Crippen LogP contribution in [0.25, 0.3) is 0 Å². The minimum Gasteiger partial charge on any atom is -0.397 e. The molecule has 0 aliphatic carbocycles. The zero-order chi connectivity index (χ0) is 7.41. The Bertz CT molecular complexity index is 46.3. The lowest BCUT2D eigenvalue weighted by Crippen LogP contribution is -1.72. The zero-order valence-corrected chi connectivity index (χ0v) is 6.35. The summed E-state index contributed by atoms with van der Waals surface area (Å²) in [5, 5.41) is 21.4. The van der Waals surface area contributed by atoms with E-state index in [1.54, 1.807) is 13.0 Å². The van der Waals surface area contributed by atoms with Crippen molar-refractivity contribution in [1.82, 2.24) is 0 Å². The lowest BCUT2D eigenvalue weighted by Gasteiger charge is -1.52. The van der Waals surface area contributed by atoms with Crippen molar-refractivity contribution >= 4 is 12.4 Å². The molecular weight excluding hydrogens is 144 g/mol. The van der Waals surface area contributed by atoms with Crippen LogP contribution < -0.4 is 5.90 Å². The second-order valence-electron chi connectivity index (χ2n) is 0.540. The molecule has 9 heavy (non-hydrogen) atoms. The molecule has 0 atom stereocenters. The van der Waals surface area contributed by atoms with E-state index in [4.69, 9.17) is 15.6 Å². The van der Waals surface area contributed by atoms with E-state index in [9.17, 15) is 0 Å². The Hall–Kier alpha value is -0.340. The molecule has 0 aromatic heterocycles. The van der Waals surface area contributed by atoms with E-state index in [-0.39, 0.29) is 19.0 Å². The van der Waals surface area contributed by atoms with E-state index in [0.717, 1.165) is 0 Å². The Labute approximate surface area is 61.3 Å². The van der Waals surface area contributed by atoms with Gasteiger partial charge in [0.05, 0.1) is 6.07 Å². The molecule has 0 saturated carbocycles. The first-order chi connectivity index (χ1) is 3.83. The highest BCUT2D eigenvalue weighted by molar-refractivity contribution is 5.85. The third-order valence-electron chi connectivity index (χ3n) is 0. The van der Waals surface area contributed by atoms with Crippen LogP contribution in [-0.2, 0) is 0 Å². The predicted molar refractivity (Wildman–Crippen MR) is 37.3 cm³/mol. The molecule has 0 amide bonds. The highest BCUT2D eigenvalue weighted by atomic mass is 35.5. The van der Waals surface area contributed by atoms with Gasteiger partial charge in [0.2, 0.25) is 0 Å². The minimum atomic E-state index is 0. The van der Waals surface area contributed by atoms with Crippen molar-refractivity contribution in [2.75, 3.05) is 6.61 Å². The van der Waals surface area contributed by atoms with Gasteiger partial charge in [-0.05, 0) is 6.92 Å². The van der Waals surface area contributed by atoms with Gasteiger partial charge in [0, 0.05) is 13.5 Å². The predicted octanol–water partition coefficient (Wildman–Crippen LogP) is 0.285. The molecule has 5 heteroatoms. The fraction of sp³-hybridized carbons (Fsp3) is 0.750. The van der Waals surface area contributed by atoms with Crippen LogP contribution in [0.2, 0.25) is 0 Å². The van der Waals surface area contributed by atoms with Gasteiger partial charge in [0.15, 0.2) is 0 Å². The standard InChI is InChI=1S/C2H3N.C2H6O.ClH.H3NO/c2*1-2-3;;1-2/h1H3;3H,2H2,1H3;1H;2H,1H2. The number of nitrogens with zero attached hydrogens (tertiary/aromatic N) is 1. The second-order valence-corrected chi connectivity index (χ2v) is 0.540. The summed E-state index contributed by atoms with van der Waals surface area (Å²) in [5.41, 5.74) is 0. The summed E-state index contributed by atoms with van der Waals surface area (Å²) >= 11 is 0. The third-order valence-corrected chi connectivity index (χ3v) is 0. The number of nitrogens with two attached hydrogens (primary N) is 1. The molecule has 0 bridgehead atoms. The van der Waals surface area contributed by atoms with Gasteiger partial charge in [0.25, 0.3) is 0 Å². The first-order valence-electron chi connectivity index (χ1n) is 2.01. The summed E-state index contributed by atoms with van der Waals surface area (Å²) in [6, 6.07) is 1.75. The van der Waals surface area contributed by atoms with Crippen molar-refractivity contribution < 1.29 is 10.3 Å². The monoisotopic (exact) mass is 156 g/mol. The molecule has 0 heterocycles. The number of aliphatic hydroxyl groups excluding tert-OH is 1. The average Bonchev–Trinajstić information content (AvgIpc) is 1.75. The summed E-state index contributed by atoms with van der Waals surface area (Å²) in [7, 11) is 0. The van der Waals surface area contributed by atoms with Crippen molar-refractivity contribution in [3.05, 3.63) is 0 Å². The van der Waals surface area contributed by atoms with Crippen molar-refractivity contribution in [1.29, 1.82) is 5.26 Å². The van der Waals surface area contributed by atoms with Crippen molar-refractivity contribution in [2.45, 2.75) is 13.8 Å². The smallest absolute Gasteiger partial charge is 0.0587 e. The molecule has 0 spiro atoms. The second kappa shape index (κ2) is 123. The van der Waals surface area contributed by atoms with Crippen LogP contribution >= 0.6 is 12.4 Å². The van der Waals surface area contributed by atoms with Crippen molar-refractivity contribution in [3.8, 4) is 6.07 Å². The normalized spacial score (nSPS) is 3.56. The molecular formula is C4H13ClN2O2. The number of nitriles is 1. The first kappa shape index (κ1) is 23.4. The Morgan fingerprint density at radius 1 is 1.56 bits per heavy atom. The minimum absolute atomic E-state index is 0. The van der Waals surface area contributed by atoms with Crippen LogP contribution in [0.1, 0.15) is 13.8 Å². The molecule has 0 fully saturated rings. The molecule has 58 valence electrons. The SMILES string of the molecule is CC#N.CCO.Cl.NO. The van der Waals surface area contributed by atoms with Crippen LogP contribution in [0.3, 0.4) is 0 Å². The fourth-order valence-corrected chi connectivity index (χ4v) is 0. The first-order valence-corrected chi connectivity index (χ1v) is 2.01. The molecule has 4 nitrogen and oxygen atoms in total. The van der Waals surface area contributed by atoms with Gasteiger partial charge in [-0.25, -0.2) is 5.90 Å². The van der Waals surface area contributed by atoms with Crippen LogP contribution in [0, 0.1) is 11.3 Å². The van der Waals surface area contributed by atoms with Gasteiger partial charge in [-0.15, -0.1) is 12.4 Å². The van der Waals surface area contributed by atoms with Crippen LogP contribution in [0.4, 0.5) is 0 Å². The van der Waals surface area contributed by atoms with Crippen LogP contribution in [-0.4, -0.2) is 16.9 Å². The van der Waals surface area contributed by atoms with Gasteiger partial charge in [-0.2, -0.15) is 5.26 Å². The summed E-state index contributed by atoms with van der Waals surface area (Å²) in [4.78, 5) is 0. The Balaban J connectivity index is -0.0000000202. The maximum atomic E-state index is 7.57. The van der Waals surface area contributed by atoms with Gasteiger partial charge in [0.1, 0.15) is 0 Å². The number of halogens is 1. The number of hydrogen-bond donors (Lipinski definition) is 3. The summed E-state index contributed by atoms with van der Waals surface area (Å²) in [5.74, 6) is 3.50. The number of aliphatic hydroxyl groups is 1. The van der Waals surface area contributed by atoms with Crippen molar-refractivity contribution in [3.63, 3.8) is 0 Å². The maximum absolute atomic E-state index is 7.57. The third kappa shape index (κ3) is 2120. The summed E-state index contributed by atoms with van der Waals surface area (Å²) in [6.45, 7) is 3.36. The Morgan fingerprint density at radius 3 is 1.56 bits per heavy atom. The largest absolute Gasteiger partial charge is 0.397 e. The molecule has 0 rings (SSSR count). The topological polar surface area (TPSA) is 90.3 Å². The molecule has 0 radical (unpaired) electrons. The highest BCUT2D eigenvalue weighted by Gasteiger charge is 1.34. The van der Waals surface area contributed by atoms with Gasteiger partial charge >= 0.3 is 0 Å². The maximum Gasteiger partial charge on any atom is 0.0587 e. The van der Waals surface area contributed by atoms with E-state index in [1.807, 2.05) is 0 Å². The number of rotatable bonds is 0. The van der Waals surface area contributed by atoms with Crippen molar-refractivity contribution in [2.24, 2.45) is 5.90 Å². The molecule has 4 N–H and O–H groups in total. The lowest BCUT2D eigenvalue weighted by atomic mass is 10.9. The Morgan fingerprint density at radius 2 is 1.56 bits per heavy atom. The van der Waals surface area contributed by atoms with E-state index in [0.29, 0.717) is 0 Å². The Kier molecular flexibility index (Phi) is 321. The molecule has 0 aliphatic rings. The highest BCUT2D eigenvalue weighted by Crippen LogP contribution is 1.30. The quantitative estimate of drug-likeness (QED) is 0.440. The molecule has 0 aromatic carbocycles. The number of hydrogen-bond acceptors (Lipinski definition) is 4. The van der Waals surface area contributed by atoms with E-state index >= 15 is 0 Å². The lowest BCUT2D eigenvalue weighted by molar-refractivity contribution is 0.311. The fourth-order valence-electron chi connectivity index (χ4n) is 0. The molecule has 0 aromatic rings. The van der Waals surface area contributed by atoms with Gasteiger partial charge in [-0.1, -0.05) is 0 Å².